The summed E-state index contributed by atoms with van der Waals surface area (Å²) in [5, 5.41) is 6.42. The molecular formula is C15H23N3O. The number of carbonyl (C=O) groups excluding carboxylic acids is 1. The van der Waals surface area contributed by atoms with Gasteiger partial charge in [-0.25, -0.2) is 0 Å². The van der Waals surface area contributed by atoms with Gasteiger partial charge >= 0.3 is 0 Å². The molecule has 1 fully saturated rings. The summed E-state index contributed by atoms with van der Waals surface area (Å²) >= 11 is 0. The number of amides is 1. The van der Waals surface area contributed by atoms with Crippen molar-refractivity contribution in [2.24, 2.45) is 5.41 Å². The van der Waals surface area contributed by atoms with Crippen LogP contribution in [0.25, 0.3) is 0 Å². The van der Waals surface area contributed by atoms with Crippen molar-refractivity contribution in [3.05, 3.63) is 30.1 Å². The fourth-order valence-electron chi connectivity index (χ4n) is 2.66. The zero-order chi connectivity index (χ0) is 13.6. The van der Waals surface area contributed by atoms with Crippen molar-refractivity contribution in [3.63, 3.8) is 0 Å². The van der Waals surface area contributed by atoms with Crippen molar-refractivity contribution in [3.8, 4) is 0 Å². The Morgan fingerprint density at radius 3 is 3.05 bits per heavy atom. The number of hydrogen-bond acceptors (Lipinski definition) is 3. The van der Waals surface area contributed by atoms with Crippen molar-refractivity contribution in [2.45, 2.75) is 32.6 Å². The first-order valence-electron chi connectivity index (χ1n) is 7.16. The van der Waals surface area contributed by atoms with E-state index < -0.39 is 0 Å². The van der Waals surface area contributed by atoms with Crippen LogP contribution < -0.4 is 10.6 Å². The molecule has 1 aliphatic heterocycles. The SMILES string of the molecule is CCC1(C(=O)NCCc2ccccn2)CCCNC1. The second-order valence-corrected chi connectivity index (χ2v) is 5.24. The van der Waals surface area contributed by atoms with Gasteiger partial charge in [-0.2, -0.15) is 0 Å². The summed E-state index contributed by atoms with van der Waals surface area (Å²) in [6.45, 7) is 4.60. The number of nitrogens with zero attached hydrogens (tertiary/aromatic N) is 1. The van der Waals surface area contributed by atoms with Gasteiger partial charge < -0.3 is 10.6 Å². The van der Waals surface area contributed by atoms with E-state index >= 15 is 0 Å². The van der Waals surface area contributed by atoms with E-state index in [4.69, 9.17) is 0 Å². The standard InChI is InChI=1S/C15H23N3O/c1-2-15(8-5-9-16-12-15)14(19)18-11-7-13-6-3-4-10-17-13/h3-4,6,10,16H,2,5,7-9,11-12H2,1H3,(H,18,19). The predicted molar refractivity (Wildman–Crippen MR) is 75.8 cm³/mol. The third kappa shape index (κ3) is 3.53. The Balaban J connectivity index is 1.83. The van der Waals surface area contributed by atoms with Crippen molar-refractivity contribution >= 4 is 5.91 Å². The summed E-state index contributed by atoms with van der Waals surface area (Å²) in [6, 6.07) is 5.87. The topological polar surface area (TPSA) is 54.0 Å². The Kier molecular flexibility index (Phi) is 4.91. The van der Waals surface area contributed by atoms with Crippen LogP contribution in [-0.2, 0) is 11.2 Å². The summed E-state index contributed by atoms with van der Waals surface area (Å²) in [7, 11) is 0. The lowest BCUT2D eigenvalue weighted by Gasteiger charge is -2.35. The molecule has 0 radical (unpaired) electrons. The van der Waals surface area contributed by atoms with Gasteiger partial charge in [-0.3, -0.25) is 9.78 Å². The fraction of sp³-hybridized carbons (Fsp3) is 0.600. The van der Waals surface area contributed by atoms with Crippen LogP contribution in [0.1, 0.15) is 31.9 Å². The molecule has 19 heavy (non-hydrogen) atoms. The maximum atomic E-state index is 12.4. The molecule has 104 valence electrons. The van der Waals surface area contributed by atoms with Gasteiger partial charge in [-0.15, -0.1) is 0 Å². The molecule has 2 heterocycles. The van der Waals surface area contributed by atoms with Gasteiger partial charge in [0.25, 0.3) is 0 Å². The summed E-state index contributed by atoms with van der Waals surface area (Å²) in [5.41, 5.74) is 0.817. The first-order valence-corrected chi connectivity index (χ1v) is 7.16. The Bertz CT molecular complexity index is 399. The van der Waals surface area contributed by atoms with Gasteiger partial charge in [-0.1, -0.05) is 13.0 Å². The minimum Gasteiger partial charge on any atom is -0.355 e. The van der Waals surface area contributed by atoms with Gasteiger partial charge in [-0.05, 0) is 37.9 Å². The van der Waals surface area contributed by atoms with Crippen molar-refractivity contribution in [2.75, 3.05) is 19.6 Å². The summed E-state index contributed by atoms with van der Waals surface area (Å²) < 4.78 is 0. The Hall–Kier alpha value is -1.42. The quantitative estimate of drug-likeness (QED) is 0.845. The molecule has 4 heteroatoms. The molecule has 2 N–H and O–H groups in total. The van der Waals surface area contributed by atoms with Gasteiger partial charge in [0, 0.05) is 31.4 Å². The number of nitrogens with one attached hydrogen (secondary N) is 2. The van der Waals surface area contributed by atoms with Crippen LogP contribution in [0, 0.1) is 5.41 Å². The van der Waals surface area contributed by atoms with Gasteiger partial charge in [0.1, 0.15) is 0 Å². The zero-order valence-corrected chi connectivity index (χ0v) is 11.6. The predicted octanol–water partition coefficient (Wildman–Crippen LogP) is 1.52. The van der Waals surface area contributed by atoms with Crippen molar-refractivity contribution in [1.29, 1.82) is 0 Å². The molecule has 1 aromatic rings. The van der Waals surface area contributed by atoms with Crippen LogP contribution in [0.4, 0.5) is 0 Å². The Labute approximate surface area is 115 Å². The van der Waals surface area contributed by atoms with Crippen LogP contribution in [0.5, 0.6) is 0 Å². The van der Waals surface area contributed by atoms with E-state index in [2.05, 4.69) is 22.5 Å². The molecule has 0 saturated carbocycles. The van der Waals surface area contributed by atoms with Crippen LogP contribution in [-0.4, -0.2) is 30.5 Å². The molecule has 0 aromatic carbocycles. The molecule has 1 atom stereocenters. The van der Waals surface area contributed by atoms with E-state index in [-0.39, 0.29) is 11.3 Å². The third-order valence-corrected chi connectivity index (χ3v) is 4.02. The Morgan fingerprint density at radius 1 is 1.53 bits per heavy atom. The first-order chi connectivity index (χ1) is 9.27. The highest BCUT2D eigenvalue weighted by atomic mass is 16.2. The summed E-state index contributed by atoms with van der Waals surface area (Å²) in [5.74, 6) is 0.193. The highest BCUT2D eigenvalue weighted by molar-refractivity contribution is 5.83. The second kappa shape index (κ2) is 6.66. The van der Waals surface area contributed by atoms with Gasteiger partial charge in [0.15, 0.2) is 0 Å². The lowest BCUT2D eigenvalue weighted by atomic mass is 9.77. The van der Waals surface area contributed by atoms with Gasteiger partial charge in [0.2, 0.25) is 5.91 Å². The molecule has 4 nitrogen and oxygen atoms in total. The average molecular weight is 261 g/mol. The minimum absolute atomic E-state index is 0.193. The van der Waals surface area contributed by atoms with Crippen molar-refractivity contribution in [1.82, 2.24) is 15.6 Å². The minimum atomic E-state index is -0.206. The summed E-state index contributed by atoms with van der Waals surface area (Å²) in [4.78, 5) is 16.6. The lowest BCUT2D eigenvalue weighted by Crippen LogP contribution is -2.50. The molecule has 2 rings (SSSR count). The van der Waals surface area contributed by atoms with E-state index in [0.29, 0.717) is 6.54 Å². The van der Waals surface area contributed by atoms with Crippen LogP contribution >= 0.6 is 0 Å². The molecule has 1 amide bonds. The Morgan fingerprint density at radius 2 is 2.42 bits per heavy atom. The molecule has 1 aliphatic rings. The number of piperidine rings is 1. The highest BCUT2D eigenvalue weighted by Gasteiger charge is 2.37. The van der Waals surface area contributed by atoms with E-state index in [0.717, 1.165) is 44.5 Å². The maximum absolute atomic E-state index is 12.4. The fourth-order valence-corrected chi connectivity index (χ4v) is 2.66. The largest absolute Gasteiger partial charge is 0.355 e. The smallest absolute Gasteiger partial charge is 0.227 e. The number of aromatic nitrogens is 1. The molecule has 0 aliphatic carbocycles. The third-order valence-electron chi connectivity index (χ3n) is 4.02. The van der Waals surface area contributed by atoms with E-state index in [9.17, 15) is 4.79 Å². The van der Waals surface area contributed by atoms with Crippen LogP contribution in [0.2, 0.25) is 0 Å². The maximum Gasteiger partial charge on any atom is 0.227 e. The monoisotopic (exact) mass is 261 g/mol. The summed E-state index contributed by atoms with van der Waals surface area (Å²) in [6.07, 6.45) is 5.55. The zero-order valence-electron chi connectivity index (χ0n) is 11.6. The molecule has 0 bridgehead atoms. The lowest BCUT2D eigenvalue weighted by molar-refractivity contribution is -0.132. The number of carbonyl (C=O) groups is 1. The second-order valence-electron chi connectivity index (χ2n) is 5.24. The molecule has 1 unspecified atom stereocenters. The molecule has 1 aromatic heterocycles. The van der Waals surface area contributed by atoms with Crippen LogP contribution in [0.3, 0.4) is 0 Å². The number of pyridine rings is 1. The molecular weight excluding hydrogens is 238 g/mol. The van der Waals surface area contributed by atoms with Crippen molar-refractivity contribution < 1.29 is 4.79 Å². The van der Waals surface area contributed by atoms with E-state index in [1.54, 1.807) is 6.20 Å². The van der Waals surface area contributed by atoms with Gasteiger partial charge in [0.05, 0.1) is 5.41 Å². The van der Waals surface area contributed by atoms with E-state index in [1.807, 2.05) is 18.2 Å². The first kappa shape index (κ1) is 14.0. The van der Waals surface area contributed by atoms with Crippen LogP contribution in [0.15, 0.2) is 24.4 Å². The highest BCUT2D eigenvalue weighted by Crippen LogP contribution is 2.30. The molecule has 1 saturated heterocycles. The normalized spacial score (nSPS) is 23.0. The number of rotatable bonds is 5. The average Bonchev–Trinajstić information content (AvgIpc) is 2.49. The number of hydrogen-bond donors (Lipinski definition) is 2. The molecule has 0 spiro atoms. The van der Waals surface area contributed by atoms with E-state index in [1.165, 1.54) is 0 Å².